The van der Waals surface area contributed by atoms with Gasteiger partial charge in [0, 0.05) is 0 Å². The lowest BCUT2D eigenvalue weighted by Crippen LogP contribution is -2.09. The van der Waals surface area contributed by atoms with Gasteiger partial charge in [-0.3, -0.25) is 4.79 Å². The lowest BCUT2D eigenvalue weighted by Gasteiger charge is -2.10. The summed E-state index contributed by atoms with van der Waals surface area (Å²) in [6.45, 7) is 0. The van der Waals surface area contributed by atoms with Crippen LogP contribution in [-0.2, 0) is 16.0 Å². The average Bonchev–Trinajstić information content (AvgIpc) is 2.28. The molecule has 94 valence electrons. The van der Waals surface area contributed by atoms with Crippen molar-refractivity contribution in [2.24, 2.45) is 0 Å². The van der Waals surface area contributed by atoms with Gasteiger partial charge in [0.2, 0.25) is 5.88 Å². The largest absolute Gasteiger partial charge is 0.480 e. The van der Waals surface area contributed by atoms with Gasteiger partial charge >= 0.3 is 5.97 Å². The third-order valence-corrected chi connectivity index (χ3v) is 2.59. The van der Waals surface area contributed by atoms with Crippen LogP contribution in [0, 0.1) is 0 Å². The highest BCUT2D eigenvalue weighted by Gasteiger charge is 2.20. The Bertz CT molecular complexity index is 426. The number of esters is 1. The molecule has 1 rings (SSSR count). The van der Waals surface area contributed by atoms with Crippen LogP contribution in [0.1, 0.15) is 17.7 Å². The van der Waals surface area contributed by atoms with Crippen LogP contribution in [0.15, 0.2) is 10.5 Å². The number of nitrogens with zero attached hydrogens (tertiary/aromatic N) is 1. The molecule has 0 spiro atoms. The van der Waals surface area contributed by atoms with E-state index in [2.05, 4.69) is 25.7 Å². The minimum atomic E-state index is -2.78. The van der Waals surface area contributed by atoms with Crippen molar-refractivity contribution in [1.29, 1.82) is 0 Å². The number of methoxy groups -OCH3 is 2. The highest BCUT2D eigenvalue weighted by atomic mass is 79.9. The molecule has 0 aromatic carbocycles. The predicted octanol–water partition coefficient (Wildman–Crippen LogP) is 2.51. The molecule has 4 nitrogen and oxygen atoms in total. The topological polar surface area (TPSA) is 48.4 Å². The molecular weight excluding hydrogens is 300 g/mol. The molecule has 7 heteroatoms. The lowest BCUT2D eigenvalue weighted by molar-refractivity contribution is -0.139. The van der Waals surface area contributed by atoms with Gasteiger partial charge in [0.25, 0.3) is 6.43 Å². The molecule has 0 bridgehead atoms. The van der Waals surface area contributed by atoms with Crippen molar-refractivity contribution in [1.82, 2.24) is 4.98 Å². The van der Waals surface area contributed by atoms with E-state index < -0.39 is 18.1 Å². The van der Waals surface area contributed by atoms with Crippen molar-refractivity contribution in [3.8, 4) is 5.88 Å². The molecule has 0 unspecified atom stereocenters. The fourth-order valence-corrected chi connectivity index (χ4v) is 1.75. The smallest absolute Gasteiger partial charge is 0.310 e. The Balaban J connectivity index is 3.18. The molecule has 0 saturated carbocycles. The van der Waals surface area contributed by atoms with E-state index in [0.717, 1.165) is 0 Å². The first-order valence-electron chi connectivity index (χ1n) is 4.57. The minimum absolute atomic E-state index is 0.0499. The third kappa shape index (κ3) is 3.36. The lowest BCUT2D eigenvalue weighted by atomic mass is 10.1. The van der Waals surface area contributed by atoms with Gasteiger partial charge in [-0.05, 0) is 27.6 Å². The number of ether oxygens (including phenoxy) is 2. The Kier molecular flexibility index (Phi) is 4.80. The van der Waals surface area contributed by atoms with E-state index in [4.69, 9.17) is 4.74 Å². The average molecular weight is 310 g/mol. The zero-order valence-corrected chi connectivity index (χ0v) is 10.8. The summed E-state index contributed by atoms with van der Waals surface area (Å²) >= 11 is 3.12. The highest BCUT2D eigenvalue weighted by molar-refractivity contribution is 9.10. The number of pyridine rings is 1. The summed E-state index contributed by atoms with van der Waals surface area (Å²) in [5, 5.41) is 0. The van der Waals surface area contributed by atoms with E-state index in [9.17, 15) is 13.6 Å². The van der Waals surface area contributed by atoms with Gasteiger partial charge in [-0.15, -0.1) is 0 Å². The molecule has 0 aliphatic carbocycles. The van der Waals surface area contributed by atoms with Crippen molar-refractivity contribution >= 4 is 21.9 Å². The fraction of sp³-hybridized carbons (Fsp3) is 0.400. The summed E-state index contributed by atoms with van der Waals surface area (Å²) < 4.78 is 35.1. The molecule has 0 amide bonds. The molecule has 1 heterocycles. The molecular formula is C10H10BrF2NO3. The van der Waals surface area contributed by atoms with E-state index in [1.54, 1.807) is 0 Å². The van der Waals surface area contributed by atoms with Gasteiger partial charge in [0.05, 0.1) is 25.1 Å². The second-order valence-electron chi connectivity index (χ2n) is 3.08. The van der Waals surface area contributed by atoms with Crippen molar-refractivity contribution in [3.63, 3.8) is 0 Å². The Labute approximate surface area is 105 Å². The summed E-state index contributed by atoms with van der Waals surface area (Å²) in [7, 11) is 2.51. The summed E-state index contributed by atoms with van der Waals surface area (Å²) in [5.41, 5.74) is -0.366. The van der Waals surface area contributed by atoms with Gasteiger partial charge in [0.15, 0.2) is 0 Å². The first-order valence-corrected chi connectivity index (χ1v) is 5.37. The van der Waals surface area contributed by atoms with Crippen molar-refractivity contribution in [2.75, 3.05) is 14.2 Å². The number of rotatable bonds is 4. The first-order chi connectivity index (χ1) is 7.99. The summed E-state index contributed by atoms with van der Waals surface area (Å²) in [5.74, 6) is -0.556. The van der Waals surface area contributed by atoms with Crippen molar-refractivity contribution in [2.45, 2.75) is 12.8 Å². The monoisotopic (exact) mass is 309 g/mol. The van der Waals surface area contributed by atoms with Crippen LogP contribution in [0.25, 0.3) is 0 Å². The maximum absolute atomic E-state index is 12.7. The quantitative estimate of drug-likeness (QED) is 0.802. The maximum atomic E-state index is 12.7. The summed E-state index contributed by atoms with van der Waals surface area (Å²) in [4.78, 5) is 14.7. The molecule has 0 saturated heterocycles. The standard InChI is InChI=1S/C10H10BrF2NO3/c1-16-7(15)4-5-3-6(11)10(17-2)14-8(5)9(12)13/h3,9H,4H2,1-2H3. The van der Waals surface area contributed by atoms with E-state index >= 15 is 0 Å². The number of carbonyl (C=O) groups excluding carboxylic acids is 1. The van der Waals surface area contributed by atoms with Crippen LogP contribution in [0.2, 0.25) is 0 Å². The van der Waals surface area contributed by atoms with Crippen LogP contribution in [-0.4, -0.2) is 25.2 Å². The number of hydrogen-bond donors (Lipinski definition) is 0. The summed E-state index contributed by atoms with van der Waals surface area (Å²) in [6.07, 6.45) is -3.04. The SMILES string of the molecule is COC(=O)Cc1cc(Br)c(OC)nc1C(F)F. The maximum Gasteiger partial charge on any atom is 0.310 e. The molecule has 0 aliphatic heterocycles. The second kappa shape index (κ2) is 5.90. The van der Waals surface area contributed by atoms with Crippen LogP contribution in [0.4, 0.5) is 8.78 Å². The van der Waals surface area contributed by atoms with E-state index in [0.29, 0.717) is 4.47 Å². The van der Waals surface area contributed by atoms with Gasteiger partial charge in [0.1, 0.15) is 5.69 Å². The number of alkyl halides is 2. The molecule has 1 aromatic rings. The predicted molar refractivity (Wildman–Crippen MR) is 59.2 cm³/mol. The highest BCUT2D eigenvalue weighted by Crippen LogP contribution is 2.30. The molecule has 0 aliphatic rings. The molecule has 0 radical (unpaired) electrons. The third-order valence-electron chi connectivity index (χ3n) is 2.02. The normalized spacial score (nSPS) is 10.5. The fourth-order valence-electron chi connectivity index (χ4n) is 1.22. The van der Waals surface area contributed by atoms with E-state index in [1.807, 2.05) is 0 Å². The van der Waals surface area contributed by atoms with Gasteiger partial charge in [-0.25, -0.2) is 13.8 Å². The van der Waals surface area contributed by atoms with Gasteiger partial charge < -0.3 is 9.47 Å². The molecule has 0 N–H and O–H groups in total. The Morgan fingerprint density at radius 3 is 2.65 bits per heavy atom. The Morgan fingerprint density at radius 2 is 2.18 bits per heavy atom. The van der Waals surface area contributed by atoms with Gasteiger partial charge in [-0.2, -0.15) is 0 Å². The minimum Gasteiger partial charge on any atom is -0.480 e. The van der Waals surface area contributed by atoms with Gasteiger partial charge in [-0.1, -0.05) is 0 Å². The Hall–Kier alpha value is -1.24. The zero-order chi connectivity index (χ0) is 13.0. The molecule has 0 atom stereocenters. The second-order valence-corrected chi connectivity index (χ2v) is 3.93. The number of halogens is 3. The van der Waals surface area contributed by atoms with E-state index in [-0.39, 0.29) is 17.9 Å². The molecule has 1 aromatic heterocycles. The van der Waals surface area contributed by atoms with E-state index in [1.165, 1.54) is 20.3 Å². The summed E-state index contributed by atoms with van der Waals surface area (Å²) in [6, 6.07) is 1.38. The number of hydrogen-bond acceptors (Lipinski definition) is 4. The number of aromatic nitrogens is 1. The molecule has 0 fully saturated rings. The zero-order valence-electron chi connectivity index (χ0n) is 9.17. The van der Waals surface area contributed by atoms with Crippen molar-refractivity contribution < 1.29 is 23.0 Å². The van der Waals surface area contributed by atoms with Crippen molar-refractivity contribution in [3.05, 3.63) is 21.8 Å². The molecule has 17 heavy (non-hydrogen) atoms. The number of carbonyl (C=O) groups is 1. The Morgan fingerprint density at radius 1 is 1.53 bits per heavy atom. The van der Waals surface area contributed by atoms with Crippen LogP contribution >= 0.6 is 15.9 Å². The van der Waals surface area contributed by atoms with Crippen LogP contribution < -0.4 is 4.74 Å². The van der Waals surface area contributed by atoms with Crippen LogP contribution in [0.5, 0.6) is 5.88 Å². The van der Waals surface area contributed by atoms with Crippen LogP contribution in [0.3, 0.4) is 0 Å². The first kappa shape index (κ1) is 13.8.